The van der Waals surface area contributed by atoms with Crippen LogP contribution in [0.4, 0.5) is 0 Å². The Hall–Kier alpha value is -2.00. The minimum atomic E-state index is -3.63. The van der Waals surface area contributed by atoms with Crippen molar-refractivity contribution in [3.8, 4) is 11.5 Å². The van der Waals surface area contributed by atoms with E-state index >= 15 is 0 Å². The normalized spacial score (nSPS) is 21.2. The standard InChI is InChI=1S/C22H24Cl2N2O5S/c23-17-8-7-16(19(24)10-17)14-32(28,29)26-9-3-4-15(12-26)22(27)25-11-18-13-30-20-5-1-2-6-21(20)31-18/h1-2,5-8,10,15,18H,3-4,9,11-14H2,(H,25,27)/t15-,18+/m1/s1. The first-order chi connectivity index (χ1) is 15.3. The molecule has 1 amide bonds. The molecule has 2 aromatic rings. The van der Waals surface area contributed by atoms with E-state index in [2.05, 4.69) is 5.32 Å². The maximum atomic E-state index is 12.9. The van der Waals surface area contributed by atoms with Gasteiger partial charge in [-0.05, 0) is 42.7 Å². The van der Waals surface area contributed by atoms with E-state index < -0.39 is 15.9 Å². The molecule has 0 unspecified atom stereocenters. The van der Waals surface area contributed by atoms with Crippen molar-refractivity contribution < 1.29 is 22.7 Å². The van der Waals surface area contributed by atoms with Gasteiger partial charge in [0.1, 0.15) is 12.7 Å². The predicted octanol–water partition coefficient (Wildman–Crippen LogP) is 3.49. The number of amides is 1. The molecule has 10 heteroatoms. The summed E-state index contributed by atoms with van der Waals surface area (Å²) in [6.45, 7) is 1.15. The van der Waals surface area contributed by atoms with Crippen molar-refractivity contribution in [1.82, 2.24) is 9.62 Å². The van der Waals surface area contributed by atoms with Gasteiger partial charge < -0.3 is 14.8 Å². The monoisotopic (exact) mass is 498 g/mol. The minimum absolute atomic E-state index is 0.143. The molecule has 0 bridgehead atoms. The number of rotatable bonds is 6. The van der Waals surface area contributed by atoms with Gasteiger partial charge in [0.25, 0.3) is 0 Å². The van der Waals surface area contributed by atoms with Crippen LogP contribution in [0.2, 0.25) is 10.0 Å². The van der Waals surface area contributed by atoms with Crippen LogP contribution in [0.5, 0.6) is 11.5 Å². The van der Waals surface area contributed by atoms with Crippen LogP contribution in [0.1, 0.15) is 18.4 Å². The van der Waals surface area contributed by atoms with Crippen LogP contribution in [0.15, 0.2) is 42.5 Å². The Bertz CT molecular complexity index is 1100. The Kier molecular flexibility index (Phi) is 7.14. The number of hydrogen-bond acceptors (Lipinski definition) is 5. The van der Waals surface area contributed by atoms with Crippen molar-refractivity contribution in [1.29, 1.82) is 0 Å². The van der Waals surface area contributed by atoms with Crippen LogP contribution in [0.25, 0.3) is 0 Å². The second-order valence-electron chi connectivity index (χ2n) is 7.93. The third-order valence-corrected chi connectivity index (χ3v) is 7.95. The highest BCUT2D eigenvalue weighted by atomic mass is 35.5. The molecule has 2 aliphatic heterocycles. The number of hydrogen-bond donors (Lipinski definition) is 1. The second kappa shape index (κ2) is 9.87. The number of sulfonamides is 1. The highest BCUT2D eigenvalue weighted by Crippen LogP contribution is 2.31. The van der Waals surface area contributed by atoms with Gasteiger partial charge in [-0.25, -0.2) is 12.7 Å². The van der Waals surface area contributed by atoms with Crippen LogP contribution < -0.4 is 14.8 Å². The summed E-state index contributed by atoms with van der Waals surface area (Å²) in [5, 5.41) is 3.64. The summed E-state index contributed by atoms with van der Waals surface area (Å²) in [6, 6.07) is 12.1. The molecular formula is C22H24Cl2N2O5S. The Morgan fingerprint density at radius 3 is 2.72 bits per heavy atom. The largest absolute Gasteiger partial charge is 0.486 e. The molecule has 0 spiro atoms. The molecule has 1 fully saturated rings. The van der Waals surface area contributed by atoms with Crippen LogP contribution in [-0.2, 0) is 20.6 Å². The lowest BCUT2D eigenvalue weighted by Crippen LogP contribution is -2.48. The quantitative estimate of drug-likeness (QED) is 0.658. The molecule has 1 N–H and O–H groups in total. The summed E-state index contributed by atoms with van der Waals surface area (Å²) in [6.07, 6.45) is 0.941. The molecule has 0 saturated carbocycles. The summed E-state index contributed by atoms with van der Waals surface area (Å²) in [4.78, 5) is 12.7. The van der Waals surface area contributed by atoms with Crippen molar-refractivity contribution in [3.63, 3.8) is 0 Å². The van der Waals surface area contributed by atoms with Crippen LogP contribution in [0, 0.1) is 5.92 Å². The van der Waals surface area contributed by atoms with Gasteiger partial charge >= 0.3 is 0 Å². The fourth-order valence-corrected chi connectivity index (χ4v) is 6.05. The average molecular weight is 499 g/mol. The maximum Gasteiger partial charge on any atom is 0.224 e. The number of carbonyl (C=O) groups is 1. The van der Waals surface area contributed by atoms with E-state index in [0.717, 1.165) is 0 Å². The lowest BCUT2D eigenvalue weighted by atomic mass is 9.99. The average Bonchev–Trinajstić information content (AvgIpc) is 2.79. The van der Waals surface area contributed by atoms with E-state index in [1.54, 1.807) is 12.1 Å². The number of ether oxygens (including phenoxy) is 2. The smallest absolute Gasteiger partial charge is 0.224 e. The topological polar surface area (TPSA) is 84.9 Å². The van der Waals surface area contributed by atoms with E-state index in [4.69, 9.17) is 32.7 Å². The molecular weight excluding hydrogens is 475 g/mol. The summed E-state index contributed by atoms with van der Waals surface area (Å²) in [5.41, 5.74) is 0.484. The van der Waals surface area contributed by atoms with Crippen molar-refractivity contribution in [2.45, 2.75) is 24.7 Å². The molecule has 2 aromatic carbocycles. The molecule has 172 valence electrons. The summed E-state index contributed by atoms with van der Waals surface area (Å²) >= 11 is 12.0. The van der Waals surface area contributed by atoms with Crippen LogP contribution >= 0.6 is 23.2 Å². The number of fused-ring (bicyclic) bond motifs is 1. The molecule has 0 aliphatic carbocycles. The highest BCUT2D eigenvalue weighted by molar-refractivity contribution is 7.88. The van der Waals surface area contributed by atoms with E-state index in [1.807, 2.05) is 24.3 Å². The zero-order chi connectivity index (χ0) is 22.7. The molecule has 1 saturated heterocycles. The first kappa shape index (κ1) is 23.2. The molecule has 2 atom stereocenters. The minimum Gasteiger partial charge on any atom is -0.486 e. The molecule has 7 nitrogen and oxygen atoms in total. The van der Waals surface area contributed by atoms with Crippen LogP contribution in [0.3, 0.4) is 0 Å². The molecule has 2 aliphatic rings. The summed E-state index contributed by atoms with van der Waals surface area (Å²) in [5.74, 6) is 0.495. The van der Waals surface area contributed by atoms with Gasteiger partial charge in [0, 0.05) is 23.1 Å². The third kappa shape index (κ3) is 5.49. The summed E-state index contributed by atoms with van der Waals surface area (Å²) in [7, 11) is -3.63. The van der Waals surface area contributed by atoms with E-state index in [1.165, 1.54) is 10.4 Å². The Morgan fingerprint density at radius 2 is 1.94 bits per heavy atom. The van der Waals surface area contributed by atoms with Gasteiger partial charge in [-0.2, -0.15) is 0 Å². The lowest BCUT2D eigenvalue weighted by molar-refractivity contribution is -0.126. The number of benzene rings is 2. The van der Waals surface area contributed by atoms with Gasteiger partial charge in [-0.15, -0.1) is 0 Å². The van der Waals surface area contributed by atoms with Crippen molar-refractivity contribution in [2.75, 3.05) is 26.2 Å². The molecule has 4 rings (SSSR count). The van der Waals surface area contributed by atoms with Gasteiger partial charge in [-0.1, -0.05) is 41.4 Å². The van der Waals surface area contributed by atoms with Crippen molar-refractivity contribution in [3.05, 3.63) is 58.1 Å². The van der Waals surface area contributed by atoms with E-state index in [-0.39, 0.29) is 30.9 Å². The van der Waals surface area contributed by atoms with Gasteiger partial charge in [-0.3, -0.25) is 4.79 Å². The van der Waals surface area contributed by atoms with Gasteiger partial charge in [0.2, 0.25) is 15.9 Å². The first-order valence-electron chi connectivity index (χ1n) is 10.4. The highest BCUT2D eigenvalue weighted by Gasteiger charge is 2.33. The SMILES string of the molecule is O=C(NC[C@H]1COc2ccccc2O1)[C@@H]1CCCN(S(=O)(=O)Cc2ccc(Cl)cc2Cl)C1. The zero-order valence-electron chi connectivity index (χ0n) is 17.3. The summed E-state index contributed by atoms with van der Waals surface area (Å²) < 4.78 is 38.8. The lowest BCUT2D eigenvalue weighted by Gasteiger charge is -2.32. The van der Waals surface area contributed by atoms with Gasteiger partial charge in [0.15, 0.2) is 11.5 Å². The number of carbonyl (C=O) groups excluding carboxylic acids is 1. The van der Waals surface area contributed by atoms with Crippen molar-refractivity contribution >= 4 is 39.1 Å². The number of nitrogens with zero attached hydrogens (tertiary/aromatic N) is 1. The second-order valence-corrected chi connectivity index (χ2v) is 10.7. The van der Waals surface area contributed by atoms with Crippen molar-refractivity contribution in [2.24, 2.45) is 5.92 Å². The maximum absolute atomic E-state index is 12.9. The van der Waals surface area contributed by atoms with E-state index in [9.17, 15) is 13.2 Å². The zero-order valence-corrected chi connectivity index (χ0v) is 19.6. The Morgan fingerprint density at radius 1 is 1.16 bits per heavy atom. The number of piperidine rings is 1. The predicted molar refractivity (Wildman–Crippen MR) is 123 cm³/mol. The van der Waals surface area contributed by atoms with Gasteiger partial charge in [0.05, 0.1) is 18.2 Å². The fraction of sp³-hybridized carbons (Fsp3) is 0.409. The molecule has 0 aromatic heterocycles. The Balaban J connectivity index is 1.32. The number of halogens is 2. The van der Waals surface area contributed by atoms with E-state index in [0.29, 0.717) is 53.1 Å². The van der Waals surface area contributed by atoms with Crippen LogP contribution in [-0.4, -0.2) is 51.0 Å². The number of nitrogens with one attached hydrogen (secondary N) is 1. The molecule has 32 heavy (non-hydrogen) atoms. The fourth-order valence-electron chi connectivity index (χ4n) is 3.86. The Labute approximate surface area is 197 Å². The number of para-hydroxylation sites is 2. The molecule has 2 heterocycles. The third-order valence-electron chi connectivity index (χ3n) is 5.57. The first-order valence-corrected chi connectivity index (χ1v) is 12.8. The molecule has 0 radical (unpaired) electrons.